The number of hydrogen-bond donors (Lipinski definition) is 0. The molecule has 1 aliphatic rings. The number of amides is 1. The average Bonchev–Trinajstić information content (AvgIpc) is 2.70. The quantitative estimate of drug-likeness (QED) is 0.588. The standard InChI is InChI=1S/C22H23ClF3NO3S/c1-21(2,31(29,30)18-8-5-7-17(12-18)22(24,25)26)16-10-11-27(20(28)13-16)14-15-6-3-4-9-19(15)23/h3-9,12,16H,10-11,13-14H2,1-2H3/t16-/m0/s1. The molecule has 0 aromatic heterocycles. The number of alkyl halides is 3. The molecule has 0 spiro atoms. The largest absolute Gasteiger partial charge is 0.416 e. The molecule has 1 aliphatic heterocycles. The Morgan fingerprint density at radius 2 is 1.77 bits per heavy atom. The number of sulfone groups is 1. The minimum Gasteiger partial charge on any atom is -0.338 e. The zero-order valence-electron chi connectivity index (χ0n) is 17.1. The molecule has 1 saturated heterocycles. The highest BCUT2D eigenvalue weighted by Gasteiger charge is 2.46. The first-order valence-electron chi connectivity index (χ1n) is 9.77. The lowest BCUT2D eigenvalue weighted by Gasteiger charge is -2.40. The van der Waals surface area contributed by atoms with Crippen molar-refractivity contribution < 1.29 is 26.4 Å². The number of carbonyl (C=O) groups is 1. The van der Waals surface area contributed by atoms with Gasteiger partial charge in [-0.25, -0.2) is 8.42 Å². The number of rotatable bonds is 5. The van der Waals surface area contributed by atoms with Crippen LogP contribution in [0.2, 0.25) is 5.02 Å². The molecule has 31 heavy (non-hydrogen) atoms. The van der Waals surface area contributed by atoms with Crippen molar-refractivity contribution in [3.8, 4) is 0 Å². The first-order valence-corrected chi connectivity index (χ1v) is 11.6. The Morgan fingerprint density at radius 3 is 2.39 bits per heavy atom. The van der Waals surface area contributed by atoms with E-state index in [2.05, 4.69) is 0 Å². The molecule has 2 aromatic carbocycles. The molecule has 1 atom stereocenters. The van der Waals surface area contributed by atoms with Gasteiger partial charge in [0.05, 0.1) is 15.2 Å². The summed E-state index contributed by atoms with van der Waals surface area (Å²) in [5, 5.41) is 0.546. The number of piperidine rings is 1. The summed E-state index contributed by atoms with van der Waals surface area (Å²) in [5.41, 5.74) is -0.221. The molecule has 0 aliphatic carbocycles. The third kappa shape index (κ3) is 4.75. The van der Waals surface area contributed by atoms with E-state index in [-0.39, 0.29) is 12.3 Å². The first-order chi connectivity index (χ1) is 14.3. The third-order valence-corrected chi connectivity index (χ3v) is 8.95. The predicted molar refractivity (Wildman–Crippen MR) is 112 cm³/mol. The summed E-state index contributed by atoms with van der Waals surface area (Å²) >= 11 is 6.17. The first kappa shape index (κ1) is 23.6. The summed E-state index contributed by atoms with van der Waals surface area (Å²) in [7, 11) is -4.12. The Hall–Kier alpha value is -2.06. The Bertz CT molecular complexity index is 1080. The zero-order valence-corrected chi connectivity index (χ0v) is 18.7. The molecule has 0 N–H and O–H groups in total. The van der Waals surface area contributed by atoms with Gasteiger partial charge in [-0.1, -0.05) is 35.9 Å². The van der Waals surface area contributed by atoms with Crippen LogP contribution in [0.15, 0.2) is 53.4 Å². The fourth-order valence-electron chi connectivity index (χ4n) is 3.83. The van der Waals surface area contributed by atoms with Gasteiger partial charge in [-0.05, 0) is 56.0 Å². The van der Waals surface area contributed by atoms with Gasteiger partial charge in [-0.15, -0.1) is 0 Å². The van der Waals surface area contributed by atoms with Gasteiger partial charge in [0.25, 0.3) is 0 Å². The fourth-order valence-corrected chi connectivity index (χ4v) is 5.82. The van der Waals surface area contributed by atoms with Gasteiger partial charge in [0, 0.05) is 24.5 Å². The summed E-state index contributed by atoms with van der Waals surface area (Å²) in [6, 6.07) is 10.9. The van der Waals surface area contributed by atoms with E-state index in [4.69, 9.17) is 11.6 Å². The lowest BCUT2D eigenvalue weighted by molar-refractivity contribution is -0.138. The zero-order chi connectivity index (χ0) is 23.0. The van der Waals surface area contributed by atoms with E-state index in [1.54, 1.807) is 17.0 Å². The number of hydrogen-bond acceptors (Lipinski definition) is 3. The molecule has 1 heterocycles. The van der Waals surface area contributed by atoms with Crippen LogP contribution in [0.3, 0.4) is 0 Å². The van der Waals surface area contributed by atoms with Crippen LogP contribution in [0, 0.1) is 5.92 Å². The highest BCUT2D eigenvalue weighted by atomic mass is 35.5. The second-order valence-electron chi connectivity index (χ2n) is 8.23. The van der Waals surface area contributed by atoms with E-state index in [1.807, 2.05) is 12.1 Å². The van der Waals surface area contributed by atoms with E-state index in [0.29, 0.717) is 30.6 Å². The maximum absolute atomic E-state index is 13.2. The van der Waals surface area contributed by atoms with Crippen molar-refractivity contribution in [2.45, 2.75) is 49.1 Å². The molecular weight excluding hydrogens is 451 g/mol. The Morgan fingerprint density at radius 1 is 1.10 bits per heavy atom. The van der Waals surface area contributed by atoms with Crippen LogP contribution in [0.1, 0.15) is 37.8 Å². The van der Waals surface area contributed by atoms with E-state index in [1.165, 1.54) is 19.9 Å². The lowest BCUT2D eigenvalue weighted by Crippen LogP contribution is -2.48. The van der Waals surface area contributed by atoms with Gasteiger partial charge in [-0.2, -0.15) is 13.2 Å². The number of carbonyl (C=O) groups excluding carboxylic acids is 1. The van der Waals surface area contributed by atoms with E-state index < -0.39 is 37.1 Å². The van der Waals surface area contributed by atoms with Gasteiger partial charge in [0.2, 0.25) is 5.91 Å². The Balaban J connectivity index is 1.80. The number of nitrogens with zero attached hydrogens (tertiary/aromatic N) is 1. The highest BCUT2D eigenvalue weighted by Crippen LogP contribution is 2.40. The topological polar surface area (TPSA) is 54.5 Å². The third-order valence-electron chi connectivity index (χ3n) is 5.99. The van der Waals surface area contributed by atoms with Crippen molar-refractivity contribution in [1.82, 2.24) is 4.90 Å². The molecule has 2 aromatic rings. The number of likely N-dealkylation sites (tertiary alicyclic amines) is 1. The van der Waals surface area contributed by atoms with Crippen LogP contribution in [0.25, 0.3) is 0 Å². The molecule has 0 unspecified atom stereocenters. The van der Waals surface area contributed by atoms with Gasteiger partial charge in [0.15, 0.2) is 9.84 Å². The monoisotopic (exact) mass is 473 g/mol. The number of halogens is 4. The van der Waals surface area contributed by atoms with Gasteiger partial charge in [0.1, 0.15) is 0 Å². The van der Waals surface area contributed by atoms with Gasteiger partial charge < -0.3 is 4.90 Å². The molecule has 1 fully saturated rings. The summed E-state index contributed by atoms with van der Waals surface area (Å²) < 4.78 is 64.2. The summed E-state index contributed by atoms with van der Waals surface area (Å²) in [4.78, 5) is 14.0. The van der Waals surface area contributed by atoms with Crippen LogP contribution in [0.5, 0.6) is 0 Å². The van der Waals surface area contributed by atoms with Gasteiger partial charge in [-0.3, -0.25) is 4.79 Å². The summed E-state index contributed by atoms with van der Waals surface area (Å²) in [6.45, 7) is 3.62. The van der Waals surface area contributed by atoms with Crippen LogP contribution < -0.4 is 0 Å². The molecule has 0 bridgehead atoms. The highest BCUT2D eigenvalue weighted by molar-refractivity contribution is 7.92. The van der Waals surface area contributed by atoms with Crippen molar-refractivity contribution in [1.29, 1.82) is 0 Å². The molecule has 168 valence electrons. The molecule has 4 nitrogen and oxygen atoms in total. The van der Waals surface area contributed by atoms with Crippen LogP contribution in [0.4, 0.5) is 13.2 Å². The van der Waals surface area contributed by atoms with E-state index in [9.17, 15) is 26.4 Å². The van der Waals surface area contributed by atoms with Crippen molar-refractivity contribution >= 4 is 27.3 Å². The molecule has 0 saturated carbocycles. The molecule has 1 amide bonds. The summed E-state index contributed by atoms with van der Waals surface area (Å²) in [6.07, 6.45) is -4.23. The van der Waals surface area contributed by atoms with Crippen LogP contribution in [-0.4, -0.2) is 30.5 Å². The minimum atomic E-state index is -4.64. The van der Waals surface area contributed by atoms with Crippen molar-refractivity contribution in [3.05, 3.63) is 64.7 Å². The molecular formula is C22H23ClF3NO3S. The van der Waals surface area contributed by atoms with Crippen molar-refractivity contribution in [2.75, 3.05) is 6.54 Å². The number of benzene rings is 2. The second-order valence-corrected chi connectivity index (χ2v) is 11.2. The predicted octanol–water partition coefficient (Wildman–Crippen LogP) is 5.35. The smallest absolute Gasteiger partial charge is 0.338 e. The Kier molecular flexibility index (Phi) is 6.45. The van der Waals surface area contributed by atoms with E-state index in [0.717, 1.165) is 17.7 Å². The minimum absolute atomic E-state index is 0.00432. The maximum Gasteiger partial charge on any atom is 0.416 e. The maximum atomic E-state index is 13.2. The SMILES string of the molecule is CC(C)([C@H]1CCN(Cc2ccccc2Cl)C(=O)C1)S(=O)(=O)c1cccc(C(F)(F)F)c1. The Labute approximate surface area is 184 Å². The van der Waals surface area contributed by atoms with Crippen molar-refractivity contribution in [2.24, 2.45) is 5.92 Å². The van der Waals surface area contributed by atoms with Gasteiger partial charge >= 0.3 is 6.18 Å². The summed E-state index contributed by atoms with van der Waals surface area (Å²) in [5.74, 6) is -0.731. The fraction of sp³-hybridized carbons (Fsp3) is 0.409. The molecule has 9 heteroatoms. The van der Waals surface area contributed by atoms with Crippen LogP contribution >= 0.6 is 11.6 Å². The molecule has 0 radical (unpaired) electrons. The normalized spacial score (nSPS) is 18.3. The second kappa shape index (κ2) is 8.47. The molecule has 3 rings (SSSR count). The lowest BCUT2D eigenvalue weighted by atomic mass is 9.85. The van der Waals surface area contributed by atoms with Crippen molar-refractivity contribution in [3.63, 3.8) is 0 Å². The van der Waals surface area contributed by atoms with Crippen LogP contribution in [-0.2, 0) is 27.4 Å². The van der Waals surface area contributed by atoms with E-state index >= 15 is 0 Å². The average molecular weight is 474 g/mol.